The Morgan fingerprint density at radius 2 is 1.95 bits per heavy atom. The number of primary amides is 1. The van der Waals surface area contributed by atoms with Crippen molar-refractivity contribution in [1.29, 1.82) is 0 Å². The quantitative estimate of drug-likeness (QED) is 0.888. The Balaban J connectivity index is 2.26. The first-order valence-electron chi connectivity index (χ1n) is 6.40. The Morgan fingerprint density at radius 1 is 1.25 bits per heavy atom. The summed E-state index contributed by atoms with van der Waals surface area (Å²) in [6.07, 6.45) is 0. The van der Waals surface area contributed by atoms with Gasteiger partial charge in [0.05, 0.1) is 0 Å². The molecule has 3 N–H and O–H groups in total. The second-order valence-corrected chi connectivity index (χ2v) is 5.68. The number of hydrogen-bond donors (Lipinski definition) is 2. The summed E-state index contributed by atoms with van der Waals surface area (Å²) < 4.78 is 1.05. The maximum atomic E-state index is 11.4. The monoisotopic (exact) mass is 332 g/mol. The van der Waals surface area contributed by atoms with Gasteiger partial charge in [0.15, 0.2) is 0 Å². The van der Waals surface area contributed by atoms with Gasteiger partial charge in [-0.15, -0.1) is 0 Å². The van der Waals surface area contributed by atoms with E-state index in [1.807, 2.05) is 31.2 Å². The molecule has 1 amide bonds. The number of benzene rings is 2. The van der Waals surface area contributed by atoms with E-state index in [0.717, 1.165) is 15.7 Å². The van der Waals surface area contributed by atoms with Gasteiger partial charge in [-0.1, -0.05) is 34.1 Å². The number of amides is 1. The number of hydrogen-bond acceptors (Lipinski definition) is 2. The van der Waals surface area contributed by atoms with Crippen molar-refractivity contribution in [2.75, 3.05) is 5.32 Å². The summed E-state index contributed by atoms with van der Waals surface area (Å²) in [6, 6.07) is 13.8. The fraction of sp³-hybridized carbons (Fsp3) is 0.188. The van der Waals surface area contributed by atoms with Crippen molar-refractivity contribution in [2.24, 2.45) is 5.73 Å². The lowest BCUT2D eigenvalue weighted by molar-refractivity contribution is 0.1000. The van der Waals surface area contributed by atoms with Crippen molar-refractivity contribution >= 4 is 27.5 Å². The highest BCUT2D eigenvalue weighted by atomic mass is 79.9. The second kappa shape index (κ2) is 6.09. The zero-order chi connectivity index (χ0) is 14.7. The van der Waals surface area contributed by atoms with Crippen LogP contribution in [0.2, 0.25) is 0 Å². The van der Waals surface area contributed by atoms with E-state index in [0.29, 0.717) is 5.56 Å². The van der Waals surface area contributed by atoms with Crippen LogP contribution in [0.4, 0.5) is 5.69 Å². The largest absolute Gasteiger partial charge is 0.378 e. The van der Waals surface area contributed by atoms with Crippen molar-refractivity contribution in [2.45, 2.75) is 19.9 Å². The minimum Gasteiger partial charge on any atom is -0.378 e. The van der Waals surface area contributed by atoms with Gasteiger partial charge in [0.25, 0.3) is 0 Å². The molecule has 2 rings (SSSR count). The number of rotatable bonds is 4. The van der Waals surface area contributed by atoms with Crippen LogP contribution in [0.1, 0.15) is 34.5 Å². The molecule has 0 radical (unpaired) electrons. The molecule has 1 unspecified atom stereocenters. The summed E-state index contributed by atoms with van der Waals surface area (Å²) >= 11 is 3.47. The normalized spacial score (nSPS) is 11.9. The molecule has 0 saturated carbocycles. The molecule has 0 heterocycles. The fourth-order valence-electron chi connectivity index (χ4n) is 2.15. The molecule has 0 aliphatic carbocycles. The predicted molar refractivity (Wildman–Crippen MR) is 85.9 cm³/mol. The van der Waals surface area contributed by atoms with Crippen LogP contribution in [0.25, 0.3) is 0 Å². The maximum absolute atomic E-state index is 11.4. The summed E-state index contributed by atoms with van der Waals surface area (Å²) in [5, 5.41) is 3.42. The lowest BCUT2D eigenvalue weighted by Gasteiger charge is -2.18. The van der Waals surface area contributed by atoms with Crippen LogP contribution in [-0.4, -0.2) is 5.91 Å². The molecule has 2 aromatic rings. The van der Waals surface area contributed by atoms with Gasteiger partial charge in [-0.25, -0.2) is 0 Å². The fourth-order valence-corrected chi connectivity index (χ4v) is 2.57. The van der Waals surface area contributed by atoms with E-state index in [-0.39, 0.29) is 6.04 Å². The highest BCUT2D eigenvalue weighted by molar-refractivity contribution is 9.10. The van der Waals surface area contributed by atoms with Gasteiger partial charge in [0.2, 0.25) is 5.91 Å². The highest BCUT2D eigenvalue weighted by Crippen LogP contribution is 2.25. The first-order valence-corrected chi connectivity index (χ1v) is 7.19. The summed E-state index contributed by atoms with van der Waals surface area (Å²) in [7, 11) is 0. The van der Waals surface area contributed by atoms with Gasteiger partial charge >= 0.3 is 0 Å². The molecule has 0 aliphatic heterocycles. The number of nitrogens with two attached hydrogens (primary N) is 1. The molecule has 4 heteroatoms. The van der Waals surface area contributed by atoms with E-state index in [4.69, 9.17) is 5.73 Å². The van der Waals surface area contributed by atoms with Gasteiger partial charge < -0.3 is 11.1 Å². The van der Waals surface area contributed by atoms with E-state index in [1.165, 1.54) is 5.56 Å². The molecule has 2 aromatic carbocycles. The van der Waals surface area contributed by atoms with Crippen molar-refractivity contribution in [1.82, 2.24) is 0 Å². The van der Waals surface area contributed by atoms with Gasteiger partial charge in [-0.05, 0) is 49.2 Å². The average molecular weight is 333 g/mol. The van der Waals surface area contributed by atoms with Gasteiger partial charge in [0, 0.05) is 21.8 Å². The lowest BCUT2D eigenvalue weighted by Crippen LogP contribution is -2.15. The first-order chi connectivity index (χ1) is 9.49. The number of carbonyl (C=O) groups excluding carboxylic acids is 1. The third-order valence-corrected chi connectivity index (χ3v) is 3.81. The van der Waals surface area contributed by atoms with Crippen molar-refractivity contribution in [3.63, 3.8) is 0 Å². The topological polar surface area (TPSA) is 55.1 Å². The molecule has 104 valence electrons. The Morgan fingerprint density at radius 3 is 2.60 bits per heavy atom. The zero-order valence-corrected chi connectivity index (χ0v) is 13.1. The molecule has 1 atom stereocenters. The van der Waals surface area contributed by atoms with Crippen LogP contribution < -0.4 is 11.1 Å². The number of carbonyl (C=O) groups is 1. The SMILES string of the molecule is Cc1c(NC(C)c2cccc(Br)c2)cccc1C(N)=O. The maximum Gasteiger partial charge on any atom is 0.249 e. The lowest BCUT2D eigenvalue weighted by atomic mass is 10.0. The predicted octanol–water partition coefficient (Wildman–Crippen LogP) is 4.03. The van der Waals surface area contributed by atoms with Crippen LogP contribution in [0.3, 0.4) is 0 Å². The Labute approximate surface area is 127 Å². The Bertz CT molecular complexity index is 640. The smallest absolute Gasteiger partial charge is 0.249 e. The van der Waals surface area contributed by atoms with E-state index in [1.54, 1.807) is 6.07 Å². The molecule has 0 aliphatic rings. The standard InChI is InChI=1S/C16H17BrN2O/c1-10-14(16(18)20)7-4-8-15(10)19-11(2)12-5-3-6-13(17)9-12/h3-9,11,19H,1-2H3,(H2,18,20). The molecule has 0 saturated heterocycles. The van der Waals surface area contributed by atoms with E-state index in [2.05, 4.69) is 40.3 Å². The Kier molecular flexibility index (Phi) is 4.45. The van der Waals surface area contributed by atoms with Gasteiger partial charge in [0.1, 0.15) is 0 Å². The van der Waals surface area contributed by atoms with Gasteiger partial charge in [-0.2, -0.15) is 0 Å². The zero-order valence-electron chi connectivity index (χ0n) is 11.5. The average Bonchev–Trinajstić information content (AvgIpc) is 2.40. The second-order valence-electron chi connectivity index (χ2n) is 4.76. The summed E-state index contributed by atoms with van der Waals surface area (Å²) in [5.74, 6) is -0.402. The van der Waals surface area contributed by atoms with Crippen LogP contribution in [0.5, 0.6) is 0 Å². The minimum atomic E-state index is -0.402. The molecule has 0 fully saturated rings. The highest BCUT2D eigenvalue weighted by Gasteiger charge is 2.11. The molecular formula is C16H17BrN2O. The van der Waals surface area contributed by atoms with Crippen molar-refractivity contribution < 1.29 is 4.79 Å². The molecular weight excluding hydrogens is 316 g/mol. The van der Waals surface area contributed by atoms with E-state index in [9.17, 15) is 4.79 Å². The van der Waals surface area contributed by atoms with Crippen LogP contribution in [-0.2, 0) is 0 Å². The molecule has 0 spiro atoms. The van der Waals surface area contributed by atoms with Gasteiger partial charge in [-0.3, -0.25) is 4.79 Å². The first kappa shape index (κ1) is 14.6. The summed E-state index contributed by atoms with van der Waals surface area (Å²) in [6.45, 7) is 3.98. The van der Waals surface area contributed by atoms with E-state index >= 15 is 0 Å². The molecule has 20 heavy (non-hydrogen) atoms. The number of halogens is 1. The van der Waals surface area contributed by atoms with Crippen LogP contribution in [0.15, 0.2) is 46.9 Å². The number of nitrogens with one attached hydrogen (secondary N) is 1. The molecule has 0 bridgehead atoms. The minimum absolute atomic E-state index is 0.134. The molecule has 0 aromatic heterocycles. The van der Waals surface area contributed by atoms with Crippen molar-refractivity contribution in [3.05, 3.63) is 63.6 Å². The summed E-state index contributed by atoms with van der Waals surface area (Å²) in [4.78, 5) is 11.4. The summed E-state index contributed by atoms with van der Waals surface area (Å²) in [5.41, 5.74) is 8.90. The van der Waals surface area contributed by atoms with E-state index < -0.39 is 5.91 Å². The Hall–Kier alpha value is -1.81. The third kappa shape index (κ3) is 3.20. The van der Waals surface area contributed by atoms with Crippen LogP contribution in [0, 0.1) is 6.92 Å². The number of anilines is 1. The van der Waals surface area contributed by atoms with Crippen LogP contribution >= 0.6 is 15.9 Å². The third-order valence-electron chi connectivity index (χ3n) is 3.32. The molecule has 3 nitrogen and oxygen atoms in total. The van der Waals surface area contributed by atoms with Crippen molar-refractivity contribution in [3.8, 4) is 0 Å².